The van der Waals surface area contributed by atoms with Crippen molar-refractivity contribution in [2.24, 2.45) is 5.92 Å². The molecular formula is C21H24N2O3S2. The lowest BCUT2D eigenvalue weighted by Gasteiger charge is -2.18. The zero-order valence-electron chi connectivity index (χ0n) is 16.3. The first-order chi connectivity index (χ1) is 13.4. The number of amides is 1. The number of esters is 1. The summed E-state index contributed by atoms with van der Waals surface area (Å²) in [5, 5.41) is 6.59. The number of ether oxygens (including phenoxy) is 1. The fraction of sp³-hybridized carbons (Fsp3) is 0.381. The second-order valence-corrected chi connectivity index (χ2v) is 8.51. The van der Waals surface area contributed by atoms with Crippen molar-refractivity contribution in [3.8, 4) is 0 Å². The van der Waals surface area contributed by atoms with Crippen molar-refractivity contribution in [1.29, 1.82) is 0 Å². The number of nitrogens with one attached hydrogen (secondary N) is 2. The summed E-state index contributed by atoms with van der Waals surface area (Å²) in [5.41, 5.74) is 3.05. The molecule has 1 atom stereocenters. The van der Waals surface area contributed by atoms with Crippen molar-refractivity contribution in [3.05, 3.63) is 51.4 Å². The van der Waals surface area contributed by atoms with Gasteiger partial charge in [0.15, 0.2) is 5.11 Å². The summed E-state index contributed by atoms with van der Waals surface area (Å²) in [6.45, 7) is 6.19. The van der Waals surface area contributed by atoms with Crippen molar-refractivity contribution in [1.82, 2.24) is 5.32 Å². The molecule has 7 heteroatoms. The Hall–Kier alpha value is -2.25. The van der Waals surface area contributed by atoms with E-state index >= 15 is 0 Å². The summed E-state index contributed by atoms with van der Waals surface area (Å²) in [7, 11) is 0. The third-order valence-corrected chi connectivity index (χ3v) is 6.21. The number of benzene rings is 1. The van der Waals surface area contributed by atoms with Crippen LogP contribution in [0.1, 0.15) is 57.0 Å². The van der Waals surface area contributed by atoms with Crippen LogP contribution < -0.4 is 10.6 Å². The van der Waals surface area contributed by atoms with Crippen LogP contribution in [0.5, 0.6) is 0 Å². The zero-order valence-corrected chi connectivity index (χ0v) is 17.9. The Morgan fingerprint density at radius 1 is 1.32 bits per heavy atom. The molecule has 1 aliphatic carbocycles. The van der Waals surface area contributed by atoms with Gasteiger partial charge in [-0.3, -0.25) is 10.1 Å². The molecular weight excluding hydrogens is 392 g/mol. The smallest absolute Gasteiger partial charge is 0.341 e. The van der Waals surface area contributed by atoms with E-state index in [0.29, 0.717) is 28.7 Å². The number of hydrogen-bond donors (Lipinski definition) is 2. The Bertz CT molecular complexity index is 920. The number of carbonyl (C=O) groups excluding carboxylic acids is 2. The highest BCUT2D eigenvalue weighted by Crippen LogP contribution is 2.40. The van der Waals surface area contributed by atoms with E-state index in [0.717, 1.165) is 30.4 Å². The Kier molecular flexibility index (Phi) is 6.46. The van der Waals surface area contributed by atoms with E-state index in [-0.39, 0.29) is 17.0 Å². The van der Waals surface area contributed by atoms with Crippen LogP contribution >= 0.6 is 23.6 Å². The summed E-state index contributed by atoms with van der Waals surface area (Å²) in [6, 6.07) is 7.32. The maximum absolute atomic E-state index is 12.6. The van der Waals surface area contributed by atoms with Gasteiger partial charge in [0, 0.05) is 10.4 Å². The van der Waals surface area contributed by atoms with Gasteiger partial charge < -0.3 is 10.1 Å². The first kappa shape index (κ1) is 20.5. The topological polar surface area (TPSA) is 67.4 Å². The van der Waals surface area contributed by atoms with Crippen LogP contribution in [0.4, 0.5) is 5.00 Å². The molecule has 28 heavy (non-hydrogen) atoms. The van der Waals surface area contributed by atoms with E-state index in [1.807, 2.05) is 25.1 Å². The predicted octanol–water partition coefficient (Wildman–Crippen LogP) is 4.48. The molecule has 1 aromatic carbocycles. The highest BCUT2D eigenvalue weighted by Gasteiger charge is 2.29. The molecule has 1 amide bonds. The molecule has 0 spiro atoms. The first-order valence-electron chi connectivity index (χ1n) is 9.40. The van der Waals surface area contributed by atoms with Gasteiger partial charge in [-0.05, 0) is 68.4 Å². The number of thiophene rings is 1. The Balaban J connectivity index is 1.81. The van der Waals surface area contributed by atoms with Crippen LogP contribution in [0.25, 0.3) is 0 Å². The molecule has 148 valence electrons. The lowest BCUT2D eigenvalue weighted by atomic mass is 9.88. The maximum Gasteiger partial charge on any atom is 0.341 e. The summed E-state index contributed by atoms with van der Waals surface area (Å²) in [4.78, 5) is 26.3. The monoisotopic (exact) mass is 416 g/mol. The van der Waals surface area contributed by atoms with E-state index in [9.17, 15) is 9.59 Å². The highest BCUT2D eigenvalue weighted by atomic mass is 32.1. The van der Waals surface area contributed by atoms with Crippen LogP contribution in [0, 0.1) is 12.8 Å². The van der Waals surface area contributed by atoms with E-state index in [4.69, 9.17) is 17.0 Å². The number of thiocarbonyl (C=S) groups is 1. The molecule has 0 radical (unpaired) electrons. The standard InChI is InChI=1S/C21H24N2O3S2/c1-4-26-20(25)17-15-10-9-12(2)11-16(15)28-19(17)23-21(27)22-18(24)14-8-6-5-7-13(14)3/h5-8,12H,4,9-11H2,1-3H3,(H2,22,23,24,27)/t12-/m1/s1. The van der Waals surface area contributed by atoms with Gasteiger partial charge in [-0.15, -0.1) is 11.3 Å². The molecule has 0 aliphatic heterocycles. The third kappa shape index (κ3) is 4.42. The number of rotatable bonds is 4. The molecule has 2 aromatic rings. The molecule has 0 fully saturated rings. The van der Waals surface area contributed by atoms with Gasteiger partial charge in [0.05, 0.1) is 12.2 Å². The Morgan fingerprint density at radius 2 is 2.07 bits per heavy atom. The first-order valence-corrected chi connectivity index (χ1v) is 10.6. The van der Waals surface area contributed by atoms with Gasteiger partial charge in [-0.1, -0.05) is 25.1 Å². The van der Waals surface area contributed by atoms with Gasteiger partial charge in [-0.25, -0.2) is 4.79 Å². The van der Waals surface area contributed by atoms with Gasteiger partial charge in [-0.2, -0.15) is 0 Å². The van der Waals surface area contributed by atoms with Crippen LogP contribution in [0.2, 0.25) is 0 Å². The quantitative estimate of drug-likeness (QED) is 0.568. The van der Waals surface area contributed by atoms with Crippen molar-refractivity contribution in [2.75, 3.05) is 11.9 Å². The van der Waals surface area contributed by atoms with Crippen molar-refractivity contribution in [2.45, 2.75) is 40.0 Å². The van der Waals surface area contributed by atoms with Crippen molar-refractivity contribution in [3.63, 3.8) is 0 Å². The van der Waals surface area contributed by atoms with Gasteiger partial charge in [0.2, 0.25) is 0 Å². The largest absolute Gasteiger partial charge is 0.462 e. The number of fused-ring (bicyclic) bond motifs is 1. The SMILES string of the molecule is CCOC(=O)c1c(NC(=S)NC(=O)c2ccccc2C)sc2c1CC[C@@H](C)C2. The van der Waals surface area contributed by atoms with Gasteiger partial charge >= 0.3 is 5.97 Å². The van der Waals surface area contributed by atoms with Gasteiger partial charge in [0.25, 0.3) is 5.91 Å². The summed E-state index contributed by atoms with van der Waals surface area (Å²) in [5.74, 6) is -0.0323. The van der Waals surface area contributed by atoms with Crippen LogP contribution in [-0.2, 0) is 17.6 Å². The summed E-state index contributed by atoms with van der Waals surface area (Å²) >= 11 is 6.87. The minimum absolute atomic E-state index is 0.172. The average Bonchev–Trinajstić information content (AvgIpc) is 2.98. The molecule has 0 saturated heterocycles. The van der Waals surface area contributed by atoms with Gasteiger partial charge in [0.1, 0.15) is 5.00 Å². The Labute approximate surface area is 174 Å². The lowest BCUT2D eigenvalue weighted by Crippen LogP contribution is -2.34. The number of carbonyl (C=O) groups is 2. The second kappa shape index (κ2) is 8.84. The fourth-order valence-electron chi connectivity index (χ4n) is 3.39. The molecule has 1 aromatic heterocycles. The number of aryl methyl sites for hydroxylation is 1. The van der Waals surface area contributed by atoms with Crippen molar-refractivity contribution < 1.29 is 14.3 Å². The number of hydrogen-bond acceptors (Lipinski definition) is 5. The molecule has 1 heterocycles. The molecule has 0 saturated carbocycles. The molecule has 0 bridgehead atoms. The van der Waals surface area contributed by atoms with Crippen LogP contribution in [0.3, 0.4) is 0 Å². The second-order valence-electron chi connectivity index (χ2n) is 7.00. The van der Waals surface area contributed by atoms with E-state index in [1.54, 1.807) is 13.0 Å². The van der Waals surface area contributed by atoms with E-state index < -0.39 is 0 Å². The lowest BCUT2D eigenvalue weighted by molar-refractivity contribution is 0.0526. The summed E-state index contributed by atoms with van der Waals surface area (Å²) < 4.78 is 5.26. The molecule has 1 aliphatic rings. The van der Waals surface area contributed by atoms with Crippen molar-refractivity contribution >= 4 is 45.5 Å². The average molecular weight is 417 g/mol. The minimum atomic E-state index is -0.343. The molecule has 5 nitrogen and oxygen atoms in total. The molecule has 2 N–H and O–H groups in total. The van der Waals surface area contributed by atoms with Crippen LogP contribution in [0.15, 0.2) is 24.3 Å². The fourth-order valence-corrected chi connectivity index (χ4v) is 5.05. The summed E-state index contributed by atoms with van der Waals surface area (Å²) in [6.07, 6.45) is 2.84. The maximum atomic E-state index is 12.6. The van der Waals surface area contributed by atoms with Crippen LogP contribution in [-0.4, -0.2) is 23.6 Å². The minimum Gasteiger partial charge on any atom is -0.462 e. The number of anilines is 1. The predicted molar refractivity (Wildman–Crippen MR) is 116 cm³/mol. The third-order valence-electron chi connectivity index (χ3n) is 4.84. The normalized spacial score (nSPS) is 15.5. The van der Waals surface area contributed by atoms with E-state index in [1.165, 1.54) is 16.2 Å². The zero-order chi connectivity index (χ0) is 20.3. The molecule has 3 rings (SSSR count). The Morgan fingerprint density at radius 3 is 2.79 bits per heavy atom. The highest BCUT2D eigenvalue weighted by molar-refractivity contribution is 7.80. The van der Waals surface area contributed by atoms with E-state index in [2.05, 4.69) is 17.6 Å². The molecule has 0 unspecified atom stereocenters.